The Balaban J connectivity index is 1.53. The van der Waals surface area contributed by atoms with Crippen molar-refractivity contribution in [2.75, 3.05) is 33.3 Å². The largest absolute Gasteiger partial charge is 0.494 e. The number of benzene rings is 1. The van der Waals surface area contributed by atoms with Crippen LogP contribution in [0.1, 0.15) is 18.5 Å². The summed E-state index contributed by atoms with van der Waals surface area (Å²) >= 11 is 0. The Morgan fingerprint density at radius 2 is 2.08 bits per heavy atom. The van der Waals surface area contributed by atoms with Crippen LogP contribution in [0.25, 0.3) is 0 Å². The van der Waals surface area contributed by atoms with E-state index in [4.69, 9.17) is 4.74 Å². The van der Waals surface area contributed by atoms with Gasteiger partial charge >= 0.3 is 0 Å². The lowest BCUT2D eigenvalue weighted by atomic mass is 10.1. The Morgan fingerprint density at radius 3 is 2.68 bits per heavy atom. The number of ether oxygens (including phenoxy) is 1. The number of carbonyl (C=O) groups is 1. The Labute approximate surface area is 146 Å². The van der Waals surface area contributed by atoms with Crippen LogP contribution in [0.3, 0.4) is 0 Å². The molecule has 1 aliphatic heterocycles. The zero-order valence-corrected chi connectivity index (χ0v) is 14.4. The minimum absolute atomic E-state index is 0.0423. The predicted octanol–water partition coefficient (Wildman–Crippen LogP) is 1.33. The third-order valence-electron chi connectivity index (χ3n) is 4.50. The number of hydrogen-bond donors (Lipinski definition) is 0. The molecule has 0 bridgehead atoms. The van der Waals surface area contributed by atoms with Crippen molar-refractivity contribution in [2.45, 2.75) is 19.5 Å². The molecule has 1 amide bonds. The van der Waals surface area contributed by atoms with Gasteiger partial charge in [0.2, 0.25) is 5.91 Å². The summed E-state index contributed by atoms with van der Waals surface area (Å²) < 4.78 is 20.3. The van der Waals surface area contributed by atoms with E-state index in [-0.39, 0.29) is 23.5 Å². The summed E-state index contributed by atoms with van der Waals surface area (Å²) in [5, 5.41) is 4.03. The highest BCUT2D eigenvalue weighted by molar-refractivity contribution is 5.80. The van der Waals surface area contributed by atoms with Gasteiger partial charge in [-0.25, -0.2) is 14.1 Å². The lowest BCUT2D eigenvalue weighted by Gasteiger charge is -2.35. The first-order valence-corrected chi connectivity index (χ1v) is 8.26. The molecule has 25 heavy (non-hydrogen) atoms. The van der Waals surface area contributed by atoms with E-state index in [1.165, 1.54) is 19.5 Å². The van der Waals surface area contributed by atoms with E-state index in [0.29, 0.717) is 19.6 Å². The molecule has 1 aromatic heterocycles. The van der Waals surface area contributed by atoms with E-state index in [2.05, 4.69) is 15.0 Å². The van der Waals surface area contributed by atoms with E-state index >= 15 is 0 Å². The fourth-order valence-electron chi connectivity index (χ4n) is 2.99. The summed E-state index contributed by atoms with van der Waals surface area (Å²) in [5.41, 5.74) is 0.897. The van der Waals surface area contributed by atoms with Gasteiger partial charge in [0.15, 0.2) is 11.6 Å². The summed E-state index contributed by atoms with van der Waals surface area (Å²) in [6.07, 6.45) is 2.98. The Bertz CT molecular complexity index is 714. The van der Waals surface area contributed by atoms with Crippen molar-refractivity contribution < 1.29 is 13.9 Å². The minimum Gasteiger partial charge on any atom is -0.494 e. The SMILES string of the molecule is COc1ccc(CN2CCN(C(=O)[C@H](C)n3cncn3)CC2)cc1F. The summed E-state index contributed by atoms with van der Waals surface area (Å²) in [4.78, 5) is 20.5. The van der Waals surface area contributed by atoms with Gasteiger partial charge in [-0.15, -0.1) is 0 Å². The van der Waals surface area contributed by atoms with Gasteiger partial charge in [-0.1, -0.05) is 6.07 Å². The molecule has 1 fully saturated rings. The Kier molecular flexibility index (Phi) is 5.28. The molecule has 1 aromatic carbocycles. The molecule has 8 heteroatoms. The summed E-state index contributed by atoms with van der Waals surface area (Å²) in [7, 11) is 1.45. The van der Waals surface area contributed by atoms with E-state index in [1.54, 1.807) is 17.1 Å². The van der Waals surface area contributed by atoms with Gasteiger partial charge in [0.05, 0.1) is 7.11 Å². The van der Waals surface area contributed by atoms with Crippen LogP contribution in [0.4, 0.5) is 4.39 Å². The van der Waals surface area contributed by atoms with Crippen LogP contribution >= 0.6 is 0 Å². The number of rotatable bonds is 5. The number of halogens is 1. The molecule has 0 radical (unpaired) electrons. The molecule has 3 rings (SSSR count). The topological polar surface area (TPSA) is 63.5 Å². The quantitative estimate of drug-likeness (QED) is 0.817. The molecule has 7 nitrogen and oxygen atoms in total. The van der Waals surface area contributed by atoms with Gasteiger partial charge in [-0.3, -0.25) is 9.69 Å². The Hall–Kier alpha value is -2.48. The van der Waals surface area contributed by atoms with Gasteiger partial charge in [0, 0.05) is 32.7 Å². The standard InChI is InChI=1S/C17H22FN5O2/c1-13(23-12-19-11-20-23)17(24)22-7-5-21(6-8-22)10-14-3-4-16(25-2)15(18)9-14/h3-4,9,11-13H,5-8,10H2,1-2H3/t13-/m0/s1. The van der Waals surface area contributed by atoms with Gasteiger partial charge in [-0.05, 0) is 24.6 Å². The number of amides is 1. The molecule has 0 spiro atoms. The average Bonchev–Trinajstić information content (AvgIpc) is 3.16. The number of nitrogens with zero attached hydrogens (tertiary/aromatic N) is 5. The summed E-state index contributed by atoms with van der Waals surface area (Å²) in [6.45, 7) is 5.28. The summed E-state index contributed by atoms with van der Waals surface area (Å²) in [5.74, 6) is -0.0580. The molecule has 2 aromatic rings. The number of hydrogen-bond acceptors (Lipinski definition) is 5. The van der Waals surface area contributed by atoms with Crippen molar-refractivity contribution in [2.24, 2.45) is 0 Å². The third-order valence-corrected chi connectivity index (χ3v) is 4.50. The van der Waals surface area contributed by atoms with Crippen LogP contribution in [-0.2, 0) is 11.3 Å². The number of carbonyl (C=O) groups excluding carboxylic acids is 1. The van der Waals surface area contributed by atoms with E-state index < -0.39 is 0 Å². The smallest absolute Gasteiger partial charge is 0.247 e. The zero-order valence-electron chi connectivity index (χ0n) is 14.4. The van der Waals surface area contributed by atoms with E-state index in [9.17, 15) is 9.18 Å². The molecular formula is C17H22FN5O2. The van der Waals surface area contributed by atoms with Crippen LogP contribution in [0.5, 0.6) is 5.75 Å². The van der Waals surface area contributed by atoms with Crippen LogP contribution in [0.2, 0.25) is 0 Å². The van der Waals surface area contributed by atoms with Crippen LogP contribution in [-0.4, -0.2) is 63.8 Å². The van der Waals surface area contributed by atoms with Gasteiger partial charge in [-0.2, -0.15) is 5.10 Å². The highest BCUT2D eigenvalue weighted by Crippen LogP contribution is 2.19. The second kappa shape index (κ2) is 7.60. The molecule has 2 heterocycles. The fraction of sp³-hybridized carbons (Fsp3) is 0.471. The maximum Gasteiger partial charge on any atom is 0.247 e. The Morgan fingerprint density at radius 1 is 1.32 bits per heavy atom. The number of methoxy groups -OCH3 is 1. The molecule has 0 unspecified atom stereocenters. The van der Waals surface area contributed by atoms with Crippen LogP contribution in [0, 0.1) is 5.82 Å². The third kappa shape index (κ3) is 3.96. The summed E-state index contributed by atoms with van der Waals surface area (Å²) in [6, 6.07) is 4.66. The molecule has 0 N–H and O–H groups in total. The number of piperazine rings is 1. The first-order chi connectivity index (χ1) is 12.1. The van der Waals surface area contributed by atoms with Crippen molar-refractivity contribution in [1.29, 1.82) is 0 Å². The lowest BCUT2D eigenvalue weighted by molar-refractivity contribution is -0.136. The van der Waals surface area contributed by atoms with Gasteiger partial charge in [0.25, 0.3) is 0 Å². The van der Waals surface area contributed by atoms with Crippen molar-refractivity contribution in [3.8, 4) is 5.75 Å². The maximum absolute atomic E-state index is 13.8. The zero-order chi connectivity index (χ0) is 17.8. The molecule has 1 saturated heterocycles. The predicted molar refractivity (Wildman–Crippen MR) is 89.5 cm³/mol. The van der Waals surface area contributed by atoms with Crippen molar-refractivity contribution >= 4 is 5.91 Å². The molecule has 0 saturated carbocycles. The molecule has 1 atom stereocenters. The monoisotopic (exact) mass is 347 g/mol. The average molecular weight is 347 g/mol. The molecular weight excluding hydrogens is 325 g/mol. The normalized spacial score (nSPS) is 16.7. The highest BCUT2D eigenvalue weighted by atomic mass is 19.1. The number of aromatic nitrogens is 3. The van der Waals surface area contributed by atoms with Crippen LogP contribution < -0.4 is 4.74 Å². The van der Waals surface area contributed by atoms with Crippen molar-refractivity contribution in [3.63, 3.8) is 0 Å². The van der Waals surface area contributed by atoms with Gasteiger partial charge < -0.3 is 9.64 Å². The van der Waals surface area contributed by atoms with Crippen LogP contribution in [0.15, 0.2) is 30.9 Å². The minimum atomic E-state index is -0.357. The second-order valence-electron chi connectivity index (χ2n) is 6.12. The first-order valence-electron chi connectivity index (χ1n) is 8.26. The molecule has 0 aliphatic carbocycles. The van der Waals surface area contributed by atoms with Crippen molar-refractivity contribution in [3.05, 3.63) is 42.2 Å². The molecule has 1 aliphatic rings. The lowest BCUT2D eigenvalue weighted by Crippen LogP contribution is -2.49. The first kappa shape index (κ1) is 17.3. The van der Waals surface area contributed by atoms with E-state index in [0.717, 1.165) is 18.7 Å². The molecule has 134 valence electrons. The van der Waals surface area contributed by atoms with Gasteiger partial charge in [0.1, 0.15) is 18.7 Å². The maximum atomic E-state index is 13.8. The highest BCUT2D eigenvalue weighted by Gasteiger charge is 2.26. The fourth-order valence-corrected chi connectivity index (χ4v) is 2.99. The van der Waals surface area contributed by atoms with E-state index in [1.807, 2.05) is 17.9 Å². The van der Waals surface area contributed by atoms with Crippen molar-refractivity contribution in [1.82, 2.24) is 24.6 Å². The second-order valence-corrected chi connectivity index (χ2v) is 6.12.